The summed E-state index contributed by atoms with van der Waals surface area (Å²) < 4.78 is 1.78. The number of pyridine rings is 1. The van der Waals surface area contributed by atoms with E-state index < -0.39 is 0 Å². The van der Waals surface area contributed by atoms with Crippen molar-refractivity contribution in [2.75, 3.05) is 18.0 Å². The minimum atomic E-state index is 0.320. The Morgan fingerprint density at radius 3 is 2.77 bits per heavy atom. The number of thiocarbonyl (C=S) groups is 1. The van der Waals surface area contributed by atoms with E-state index in [2.05, 4.69) is 20.9 Å². The molecule has 6 nitrogen and oxygen atoms in total. The first-order valence-corrected chi connectivity index (χ1v) is 7.80. The highest BCUT2D eigenvalue weighted by Gasteiger charge is 2.54. The first-order chi connectivity index (χ1) is 10.7. The topological polar surface area (TPSA) is 63.2 Å². The lowest BCUT2D eigenvalue weighted by molar-refractivity contribution is 0.00754. The fourth-order valence-electron chi connectivity index (χ4n) is 3.52. The van der Waals surface area contributed by atoms with Crippen molar-refractivity contribution in [2.24, 2.45) is 11.3 Å². The van der Waals surface area contributed by atoms with Gasteiger partial charge in [-0.05, 0) is 37.2 Å². The molecule has 3 heterocycles. The van der Waals surface area contributed by atoms with Gasteiger partial charge in [0.2, 0.25) is 0 Å². The Kier molecular flexibility index (Phi) is 3.12. The van der Waals surface area contributed by atoms with Gasteiger partial charge in [-0.3, -0.25) is 9.58 Å². The number of hydrogen-bond donors (Lipinski definition) is 1. The van der Waals surface area contributed by atoms with Crippen molar-refractivity contribution < 1.29 is 0 Å². The Labute approximate surface area is 134 Å². The van der Waals surface area contributed by atoms with Gasteiger partial charge >= 0.3 is 0 Å². The number of hydrogen-bond acceptors (Lipinski definition) is 5. The van der Waals surface area contributed by atoms with Gasteiger partial charge in [0.25, 0.3) is 0 Å². The van der Waals surface area contributed by atoms with Crippen LogP contribution in [0, 0.1) is 5.41 Å². The Bertz CT molecular complexity index is 657. The largest absolute Gasteiger partial charge is 0.355 e. The third-order valence-electron chi connectivity index (χ3n) is 4.70. The number of aromatic nitrogens is 3. The van der Waals surface area contributed by atoms with Crippen LogP contribution < -0.4 is 10.7 Å². The van der Waals surface area contributed by atoms with Crippen LogP contribution in [-0.2, 0) is 0 Å². The van der Waals surface area contributed by atoms with Crippen LogP contribution in [-0.4, -0.2) is 43.8 Å². The van der Waals surface area contributed by atoms with E-state index in [-0.39, 0.29) is 0 Å². The second-order valence-corrected chi connectivity index (χ2v) is 6.63. The molecule has 1 saturated heterocycles. The standard InChI is InChI=1S/C15H18N6S/c16-21(14(22)19-6-5-17-11-19)12-7-15(8-12)9-20(10-15)13-3-1-2-4-18-13/h1-6,11-12H,7-10,16H2. The minimum Gasteiger partial charge on any atom is -0.355 e. The van der Waals surface area contributed by atoms with Crippen molar-refractivity contribution >= 4 is 23.1 Å². The Morgan fingerprint density at radius 1 is 1.32 bits per heavy atom. The summed E-state index contributed by atoms with van der Waals surface area (Å²) >= 11 is 5.41. The number of hydrazine groups is 1. The van der Waals surface area contributed by atoms with Gasteiger partial charge < -0.3 is 4.90 Å². The maximum atomic E-state index is 6.18. The van der Waals surface area contributed by atoms with Crippen LogP contribution in [0.25, 0.3) is 0 Å². The lowest BCUT2D eigenvalue weighted by atomic mass is 9.60. The molecule has 2 aliphatic rings. The maximum absolute atomic E-state index is 6.18. The molecule has 0 bridgehead atoms. The monoisotopic (exact) mass is 314 g/mol. The molecule has 0 unspecified atom stereocenters. The highest BCUT2D eigenvalue weighted by Crippen LogP contribution is 2.50. The summed E-state index contributed by atoms with van der Waals surface area (Å²) in [7, 11) is 0. The Balaban J connectivity index is 1.33. The summed E-state index contributed by atoms with van der Waals surface area (Å²) in [5.41, 5.74) is 0.393. The van der Waals surface area contributed by atoms with Gasteiger partial charge in [0.15, 0.2) is 5.11 Å². The van der Waals surface area contributed by atoms with E-state index in [1.807, 2.05) is 24.5 Å². The van der Waals surface area contributed by atoms with Crippen LogP contribution in [0.1, 0.15) is 12.8 Å². The van der Waals surface area contributed by atoms with Crippen LogP contribution in [0.4, 0.5) is 5.82 Å². The molecule has 1 aliphatic carbocycles. The molecule has 4 rings (SSSR count). The van der Waals surface area contributed by atoms with Crippen LogP contribution in [0.15, 0.2) is 43.1 Å². The zero-order chi connectivity index (χ0) is 15.2. The summed E-state index contributed by atoms with van der Waals surface area (Å²) in [6.45, 7) is 2.12. The molecule has 2 fully saturated rings. The molecule has 0 amide bonds. The van der Waals surface area contributed by atoms with Crippen LogP contribution >= 0.6 is 12.2 Å². The van der Waals surface area contributed by atoms with E-state index in [0.29, 0.717) is 16.6 Å². The molecular formula is C15H18N6S. The molecule has 1 saturated carbocycles. The first-order valence-electron chi connectivity index (χ1n) is 7.39. The number of nitrogens with zero attached hydrogens (tertiary/aromatic N) is 5. The second kappa shape index (κ2) is 5.03. The van der Waals surface area contributed by atoms with E-state index >= 15 is 0 Å². The number of imidazole rings is 1. The third kappa shape index (κ3) is 2.17. The summed E-state index contributed by atoms with van der Waals surface area (Å²) in [6.07, 6.45) is 9.23. The van der Waals surface area contributed by atoms with Gasteiger partial charge in [0.05, 0.1) is 0 Å². The van der Waals surface area contributed by atoms with Crippen molar-refractivity contribution in [3.05, 3.63) is 43.1 Å². The molecular weight excluding hydrogens is 296 g/mol. The van der Waals surface area contributed by atoms with Crippen molar-refractivity contribution in [3.63, 3.8) is 0 Å². The average Bonchev–Trinajstić information content (AvgIpc) is 2.98. The lowest BCUT2D eigenvalue weighted by Crippen LogP contribution is -2.68. The van der Waals surface area contributed by atoms with E-state index in [1.54, 1.807) is 22.1 Å². The highest BCUT2D eigenvalue weighted by atomic mass is 32.1. The minimum absolute atomic E-state index is 0.320. The van der Waals surface area contributed by atoms with Gasteiger partial charge in [0.1, 0.15) is 12.1 Å². The molecule has 2 aromatic heterocycles. The van der Waals surface area contributed by atoms with Gasteiger partial charge in [-0.25, -0.2) is 15.8 Å². The first kappa shape index (κ1) is 13.7. The zero-order valence-corrected chi connectivity index (χ0v) is 13.0. The molecule has 114 valence electrons. The summed E-state index contributed by atoms with van der Waals surface area (Å²) in [4.78, 5) is 10.7. The van der Waals surface area contributed by atoms with Crippen molar-refractivity contribution in [1.29, 1.82) is 0 Å². The molecule has 2 N–H and O–H groups in total. The number of anilines is 1. The van der Waals surface area contributed by atoms with Crippen LogP contribution in [0.3, 0.4) is 0 Å². The molecule has 0 radical (unpaired) electrons. The van der Waals surface area contributed by atoms with E-state index in [9.17, 15) is 0 Å². The van der Waals surface area contributed by atoms with E-state index in [4.69, 9.17) is 18.1 Å². The molecule has 0 aromatic carbocycles. The van der Waals surface area contributed by atoms with E-state index in [1.165, 1.54) is 0 Å². The SMILES string of the molecule is NN(C(=S)n1ccnc1)C1CC2(C1)CN(c1ccccn1)C2. The van der Waals surface area contributed by atoms with Crippen molar-refractivity contribution in [3.8, 4) is 0 Å². The van der Waals surface area contributed by atoms with Gasteiger partial charge in [-0.15, -0.1) is 0 Å². The Morgan fingerprint density at radius 2 is 2.14 bits per heavy atom. The van der Waals surface area contributed by atoms with E-state index in [0.717, 1.165) is 31.7 Å². The molecule has 0 atom stereocenters. The second-order valence-electron chi connectivity index (χ2n) is 6.27. The molecule has 1 spiro atoms. The summed E-state index contributed by atoms with van der Waals surface area (Å²) in [6, 6.07) is 6.36. The highest BCUT2D eigenvalue weighted by molar-refractivity contribution is 7.80. The normalized spacial score (nSPS) is 19.6. The molecule has 2 aromatic rings. The van der Waals surface area contributed by atoms with Crippen LogP contribution in [0.2, 0.25) is 0 Å². The van der Waals surface area contributed by atoms with Gasteiger partial charge in [-0.1, -0.05) is 6.07 Å². The van der Waals surface area contributed by atoms with Crippen molar-refractivity contribution in [1.82, 2.24) is 19.5 Å². The average molecular weight is 314 g/mol. The smallest absolute Gasteiger partial charge is 0.195 e. The zero-order valence-electron chi connectivity index (χ0n) is 12.2. The fraction of sp³-hybridized carbons (Fsp3) is 0.400. The van der Waals surface area contributed by atoms with Gasteiger partial charge in [0, 0.05) is 43.1 Å². The number of nitrogens with two attached hydrogens (primary N) is 1. The van der Waals surface area contributed by atoms with Crippen molar-refractivity contribution in [2.45, 2.75) is 18.9 Å². The summed E-state index contributed by atoms with van der Waals surface area (Å²) in [5, 5.41) is 2.32. The third-order valence-corrected chi connectivity index (χ3v) is 5.12. The maximum Gasteiger partial charge on any atom is 0.195 e. The predicted molar refractivity (Wildman–Crippen MR) is 88.2 cm³/mol. The molecule has 1 aliphatic heterocycles. The fourth-order valence-corrected chi connectivity index (χ4v) is 3.78. The Hall–Kier alpha value is -1.99. The molecule has 22 heavy (non-hydrogen) atoms. The predicted octanol–water partition coefficient (Wildman–Crippen LogP) is 1.26. The summed E-state index contributed by atoms with van der Waals surface area (Å²) in [5.74, 6) is 7.24. The van der Waals surface area contributed by atoms with Crippen LogP contribution in [0.5, 0.6) is 0 Å². The van der Waals surface area contributed by atoms with Gasteiger partial charge in [-0.2, -0.15) is 0 Å². The molecule has 7 heteroatoms. The quantitative estimate of drug-likeness (QED) is 0.511. The lowest BCUT2D eigenvalue weighted by Gasteiger charge is -2.60. The number of rotatable bonds is 2.